The first-order valence-electron chi connectivity index (χ1n) is 5.05. The van der Waals surface area contributed by atoms with Crippen molar-refractivity contribution in [1.29, 1.82) is 0 Å². The van der Waals surface area contributed by atoms with Crippen molar-refractivity contribution in [1.82, 2.24) is 9.97 Å². The number of hydrazone groups is 1. The number of nitro groups is 1. The SMILES string of the molecule is O=[N+]([O-])c1ccc(N/N=C\c2cccnc2)nc1. The Labute approximate surface area is 102 Å². The molecule has 7 heteroatoms. The van der Waals surface area contributed by atoms with E-state index in [-0.39, 0.29) is 5.69 Å². The number of nitrogens with one attached hydrogen (secondary N) is 1. The van der Waals surface area contributed by atoms with Crippen LogP contribution in [-0.4, -0.2) is 21.1 Å². The number of rotatable bonds is 4. The van der Waals surface area contributed by atoms with Crippen LogP contribution in [0.2, 0.25) is 0 Å². The second-order valence-electron chi connectivity index (χ2n) is 3.32. The Balaban J connectivity index is 1.98. The highest BCUT2D eigenvalue weighted by Crippen LogP contribution is 2.11. The predicted molar refractivity (Wildman–Crippen MR) is 66.3 cm³/mol. The second kappa shape index (κ2) is 5.48. The van der Waals surface area contributed by atoms with Crippen molar-refractivity contribution in [2.45, 2.75) is 0 Å². The third kappa shape index (κ3) is 3.08. The molecular weight excluding hydrogens is 234 g/mol. The van der Waals surface area contributed by atoms with Gasteiger partial charge in [-0.2, -0.15) is 5.10 Å². The highest BCUT2D eigenvalue weighted by atomic mass is 16.6. The van der Waals surface area contributed by atoms with Crippen molar-refractivity contribution in [3.05, 3.63) is 58.5 Å². The van der Waals surface area contributed by atoms with E-state index >= 15 is 0 Å². The predicted octanol–water partition coefficient (Wildman–Crippen LogP) is 1.83. The normalized spacial score (nSPS) is 10.4. The molecule has 2 aromatic heterocycles. The van der Waals surface area contributed by atoms with Gasteiger partial charge in [-0.3, -0.25) is 20.5 Å². The Morgan fingerprint density at radius 3 is 2.83 bits per heavy atom. The standard InChI is InChI=1S/C11H9N5O2/c17-16(18)10-3-4-11(13-8-10)15-14-7-9-2-1-5-12-6-9/h1-8H,(H,13,15)/b14-7-. The summed E-state index contributed by atoms with van der Waals surface area (Å²) in [6, 6.07) is 6.49. The summed E-state index contributed by atoms with van der Waals surface area (Å²) in [5, 5.41) is 14.4. The van der Waals surface area contributed by atoms with Crippen molar-refractivity contribution in [3.63, 3.8) is 0 Å². The Morgan fingerprint density at radius 1 is 1.33 bits per heavy atom. The molecule has 0 unspecified atom stereocenters. The van der Waals surface area contributed by atoms with Crippen LogP contribution in [0.3, 0.4) is 0 Å². The summed E-state index contributed by atoms with van der Waals surface area (Å²) in [6.45, 7) is 0. The first-order valence-corrected chi connectivity index (χ1v) is 5.05. The van der Waals surface area contributed by atoms with E-state index in [2.05, 4.69) is 20.5 Å². The van der Waals surface area contributed by atoms with Crippen LogP contribution in [0.4, 0.5) is 11.5 Å². The lowest BCUT2D eigenvalue weighted by atomic mass is 10.3. The van der Waals surface area contributed by atoms with Crippen LogP contribution < -0.4 is 5.43 Å². The van der Waals surface area contributed by atoms with Gasteiger partial charge in [0.2, 0.25) is 0 Å². The molecule has 2 heterocycles. The minimum Gasteiger partial charge on any atom is -0.264 e. The topological polar surface area (TPSA) is 93.3 Å². The molecule has 0 amide bonds. The molecule has 0 aliphatic carbocycles. The smallest absolute Gasteiger partial charge is 0.264 e. The van der Waals surface area contributed by atoms with Gasteiger partial charge in [-0.05, 0) is 12.1 Å². The third-order valence-corrected chi connectivity index (χ3v) is 2.04. The Bertz CT molecular complexity index is 553. The lowest BCUT2D eigenvalue weighted by Gasteiger charge is -1.97. The summed E-state index contributed by atoms with van der Waals surface area (Å²) >= 11 is 0. The maximum Gasteiger partial charge on any atom is 0.287 e. The lowest BCUT2D eigenvalue weighted by Crippen LogP contribution is -1.95. The van der Waals surface area contributed by atoms with Crippen LogP contribution >= 0.6 is 0 Å². The molecule has 0 radical (unpaired) electrons. The third-order valence-electron chi connectivity index (χ3n) is 2.04. The largest absolute Gasteiger partial charge is 0.287 e. The summed E-state index contributed by atoms with van der Waals surface area (Å²) in [6.07, 6.45) is 6.08. The Kier molecular flexibility index (Phi) is 3.55. The summed E-state index contributed by atoms with van der Waals surface area (Å²) in [4.78, 5) is 17.7. The zero-order valence-corrected chi connectivity index (χ0v) is 9.22. The van der Waals surface area contributed by atoms with Gasteiger partial charge >= 0.3 is 0 Å². The number of hydrogen-bond acceptors (Lipinski definition) is 6. The molecule has 90 valence electrons. The maximum absolute atomic E-state index is 10.4. The van der Waals surface area contributed by atoms with Gasteiger partial charge in [0.05, 0.1) is 11.1 Å². The van der Waals surface area contributed by atoms with Gasteiger partial charge in [-0.1, -0.05) is 6.07 Å². The zero-order chi connectivity index (χ0) is 12.8. The molecule has 2 rings (SSSR count). The summed E-state index contributed by atoms with van der Waals surface area (Å²) in [5.74, 6) is 0.431. The number of anilines is 1. The Hall–Kier alpha value is -2.83. The molecular formula is C11H9N5O2. The summed E-state index contributed by atoms with van der Waals surface area (Å²) in [5.41, 5.74) is 3.45. The number of aromatic nitrogens is 2. The van der Waals surface area contributed by atoms with Gasteiger partial charge in [0, 0.05) is 24.0 Å². The molecule has 0 aliphatic heterocycles. The van der Waals surface area contributed by atoms with Gasteiger partial charge in [0.1, 0.15) is 12.0 Å². The molecule has 7 nitrogen and oxygen atoms in total. The van der Waals surface area contributed by atoms with E-state index in [1.807, 2.05) is 6.07 Å². The van der Waals surface area contributed by atoms with Gasteiger partial charge in [-0.15, -0.1) is 0 Å². The molecule has 0 aliphatic rings. The van der Waals surface area contributed by atoms with E-state index in [1.54, 1.807) is 24.7 Å². The molecule has 0 aromatic carbocycles. The summed E-state index contributed by atoms with van der Waals surface area (Å²) in [7, 11) is 0. The average molecular weight is 243 g/mol. The molecule has 0 atom stereocenters. The van der Waals surface area contributed by atoms with Crippen LogP contribution in [-0.2, 0) is 0 Å². The van der Waals surface area contributed by atoms with Crippen molar-refractivity contribution >= 4 is 17.7 Å². The van der Waals surface area contributed by atoms with Crippen LogP contribution in [0.25, 0.3) is 0 Å². The van der Waals surface area contributed by atoms with Gasteiger partial charge < -0.3 is 0 Å². The lowest BCUT2D eigenvalue weighted by molar-refractivity contribution is -0.385. The van der Waals surface area contributed by atoms with E-state index < -0.39 is 4.92 Å². The fourth-order valence-corrected chi connectivity index (χ4v) is 1.19. The maximum atomic E-state index is 10.4. The van der Waals surface area contributed by atoms with Crippen molar-refractivity contribution in [2.24, 2.45) is 5.10 Å². The fraction of sp³-hybridized carbons (Fsp3) is 0. The first-order chi connectivity index (χ1) is 8.75. The first kappa shape index (κ1) is 11.6. The monoisotopic (exact) mass is 243 g/mol. The molecule has 2 aromatic rings. The van der Waals surface area contributed by atoms with Crippen molar-refractivity contribution in [3.8, 4) is 0 Å². The molecule has 1 N–H and O–H groups in total. The van der Waals surface area contributed by atoms with Crippen LogP contribution in [0.5, 0.6) is 0 Å². The summed E-state index contributed by atoms with van der Waals surface area (Å²) < 4.78 is 0. The molecule has 0 fully saturated rings. The number of hydrogen-bond donors (Lipinski definition) is 1. The van der Waals surface area contributed by atoms with Crippen molar-refractivity contribution in [2.75, 3.05) is 5.43 Å². The highest BCUT2D eigenvalue weighted by molar-refractivity contribution is 5.79. The van der Waals surface area contributed by atoms with Gasteiger partial charge in [0.25, 0.3) is 5.69 Å². The molecule has 0 saturated carbocycles. The van der Waals surface area contributed by atoms with E-state index in [0.29, 0.717) is 5.82 Å². The van der Waals surface area contributed by atoms with E-state index in [1.165, 1.54) is 18.3 Å². The van der Waals surface area contributed by atoms with Gasteiger partial charge in [-0.25, -0.2) is 4.98 Å². The van der Waals surface area contributed by atoms with E-state index in [4.69, 9.17) is 0 Å². The molecule has 0 spiro atoms. The van der Waals surface area contributed by atoms with Crippen LogP contribution in [0, 0.1) is 10.1 Å². The van der Waals surface area contributed by atoms with Crippen LogP contribution in [0.1, 0.15) is 5.56 Å². The van der Waals surface area contributed by atoms with Gasteiger partial charge in [0.15, 0.2) is 0 Å². The van der Waals surface area contributed by atoms with Crippen LogP contribution in [0.15, 0.2) is 48.0 Å². The minimum atomic E-state index is -0.504. The molecule has 18 heavy (non-hydrogen) atoms. The minimum absolute atomic E-state index is 0.0585. The Morgan fingerprint density at radius 2 is 2.22 bits per heavy atom. The molecule has 0 saturated heterocycles. The number of nitrogens with zero attached hydrogens (tertiary/aromatic N) is 4. The molecule has 0 bridgehead atoms. The fourth-order valence-electron chi connectivity index (χ4n) is 1.19. The van der Waals surface area contributed by atoms with E-state index in [0.717, 1.165) is 5.56 Å². The highest BCUT2D eigenvalue weighted by Gasteiger charge is 2.03. The quantitative estimate of drug-likeness (QED) is 0.502. The second-order valence-corrected chi connectivity index (χ2v) is 3.32. The van der Waals surface area contributed by atoms with E-state index in [9.17, 15) is 10.1 Å². The van der Waals surface area contributed by atoms with Crippen molar-refractivity contribution < 1.29 is 4.92 Å². The zero-order valence-electron chi connectivity index (χ0n) is 9.22. The number of pyridine rings is 2. The average Bonchev–Trinajstić information content (AvgIpc) is 2.40.